The lowest BCUT2D eigenvalue weighted by Gasteiger charge is -2.19. The van der Waals surface area contributed by atoms with Gasteiger partial charge in [-0.2, -0.15) is 0 Å². The SMILES string of the molecule is CC(C)(C)c1cc(C(=O)O)cc(Nc2ccccc2Br)n1. The van der Waals surface area contributed by atoms with Crippen LogP contribution in [0, 0.1) is 0 Å². The monoisotopic (exact) mass is 348 g/mol. The average Bonchev–Trinajstić information content (AvgIpc) is 2.40. The van der Waals surface area contributed by atoms with Crippen LogP contribution in [0.1, 0.15) is 36.8 Å². The highest BCUT2D eigenvalue weighted by Crippen LogP contribution is 2.28. The van der Waals surface area contributed by atoms with E-state index in [4.69, 9.17) is 0 Å². The zero-order valence-corrected chi connectivity index (χ0v) is 13.7. The van der Waals surface area contributed by atoms with Gasteiger partial charge in [0.1, 0.15) is 5.82 Å². The van der Waals surface area contributed by atoms with E-state index in [2.05, 4.69) is 26.2 Å². The van der Waals surface area contributed by atoms with E-state index in [-0.39, 0.29) is 11.0 Å². The minimum Gasteiger partial charge on any atom is -0.478 e. The van der Waals surface area contributed by atoms with Crippen LogP contribution < -0.4 is 5.32 Å². The molecule has 0 saturated carbocycles. The van der Waals surface area contributed by atoms with Gasteiger partial charge < -0.3 is 10.4 Å². The lowest BCUT2D eigenvalue weighted by Crippen LogP contribution is -2.16. The molecule has 1 heterocycles. The number of pyridine rings is 1. The second-order valence-corrected chi connectivity index (χ2v) is 6.64. The maximum absolute atomic E-state index is 11.3. The summed E-state index contributed by atoms with van der Waals surface area (Å²) in [6, 6.07) is 10.8. The molecule has 0 aliphatic rings. The van der Waals surface area contributed by atoms with Crippen LogP contribution in [0.5, 0.6) is 0 Å². The van der Waals surface area contributed by atoms with Crippen LogP contribution in [0.15, 0.2) is 40.9 Å². The van der Waals surface area contributed by atoms with Crippen molar-refractivity contribution in [3.8, 4) is 0 Å². The number of aromatic carboxylic acids is 1. The van der Waals surface area contributed by atoms with Gasteiger partial charge in [0.2, 0.25) is 0 Å². The topological polar surface area (TPSA) is 62.2 Å². The molecule has 5 heteroatoms. The van der Waals surface area contributed by atoms with Crippen LogP contribution in [0.25, 0.3) is 0 Å². The van der Waals surface area contributed by atoms with Gasteiger partial charge in [0.15, 0.2) is 0 Å². The van der Waals surface area contributed by atoms with Crippen LogP contribution in [0.2, 0.25) is 0 Å². The van der Waals surface area contributed by atoms with E-state index in [1.54, 1.807) is 6.07 Å². The molecule has 1 aromatic carbocycles. The van der Waals surface area contributed by atoms with E-state index in [1.807, 2.05) is 45.0 Å². The molecule has 0 unspecified atom stereocenters. The highest BCUT2D eigenvalue weighted by molar-refractivity contribution is 9.10. The molecule has 0 aliphatic heterocycles. The van der Waals surface area contributed by atoms with E-state index in [9.17, 15) is 9.90 Å². The number of carboxylic acids is 1. The normalized spacial score (nSPS) is 11.2. The van der Waals surface area contributed by atoms with Crippen molar-refractivity contribution in [2.24, 2.45) is 0 Å². The zero-order valence-electron chi connectivity index (χ0n) is 12.1. The number of hydrogen-bond acceptors (Lipinski definition) is 3. The Hall–Kier alpha value is -1.88. The summed E-state index contributed by atoms with van der Waals surface area (Å²) >= 11 is 3.45. The number of benzene rings is 1. The molecule has 110 valence electrons. The molecule has 4 nitrogen and oxygen atoms in total. The Morgan fingerprint density at radius 3 is 2.48 bits per heavy atom. The van der Waals surface area contributed by atoms with Gasteiger partial charge in [0.05, 0.1) is 11.3 Å². The number of aromatic nitrogens is 1. The number of anilines is 2. The maximum atomic E-state index is 11.3. The van der Waals surface area contributed by atoms with E-state index in [0.717, 1.165) is 15.9 Å². The van der Waals surface area contributed by atoms with Crippen LogP contribution in [-0.4, -0.2) is 16.1 Å². The molecule has 0 aliphatic carbocycles. The molecule has 0 spiro atoms. The number of carboxylic acid groups (broad SMARTS) is 1. The second kappa shape index (κ2) is 5.85. The van der Waals surface area contributed by atoms with Crippen LogP contribution in [-0.2, 0) is 5.41 Å². The molecule has 1 aromatic heterocycles. The largest absolute Gasteiger partial charge is 0.478 e. The van der Waals surface area contributed by atoms with Crippen molar-refractivity contribution in [3.05, 3.63) is 52.1 Å². The van der Waals surface area contributed by atoms with Crippen molar-refractivity contribution >= 4 is 33.4 Å². The van der Waals surface area contributed by atoms with Gasteiger partial charge in [-0.15, -0.1) is 0 Å². The predicted octanol–water partition coefficient (Wildman–Crippen LogP) is 4.58. The summed E-state index contributed by atoms with van der Waals surface area (Å²) in [4.78, 5) is 15.8. The van der Waals surface area contributed by atoms with E-state index < -0.39 is 5.97 Å². The third-order valence-electron chi connectivity index (χ3n) is 2.98. The molecule has 2 aromatic rings. The summed E-state index contributed by atoms with van der Waals surface area (Å²) in [7, 11) is 0. The Balaban J connectivity index is 2.46. The van der Waals surface area contributed by atoms with Gasteiger partial charge in [0, 0.05) is 15.6 Å². The van der Waals surface area contributed by atoms with Gasteiger partial charge >= 0.3 is 5.97 Å². The van der Waals surface area contributed by atoms with E-state index in [0.29, 0.717) is 5.82 Å². The summed E-state index contributed by atoms with van der Waals surface area (Å²) in [5, 5.41) is 12.4. The molecule has 0 amide bonds. The summed E-state index contributed by atoms with van der Waals surface area (Å²) in [6.07, 6.45) is 0. The van der Waals surface area contributed by atoms with Crippen molar-refractivity contribution < 1.29 is 9.90 Å². The zero-order chi connectivity index (χ0) is 15.6. The van der Waals surface area contributed by atoms with Gasteiger partial charge in [-0.25, -0.2) is 9.78 Å². The van der Waals surface area contributed by atoms with Crippen molar-refractivity contribution in [2.75, 3.05) is 5.32 Å². The quantitative estimate of drug-likeness (QED) is 0.851. The molecular weight excluding hydrogens is 332 g/mol. The molecule has 0 bridgehead atoms. The predicted molar refractivity (Wildman–Crippen MR) is 87.3 cm³/mol. The smallest absolute Gasteiger partial charge is 0.335 e. The fraction of sp³-hybridized carbons (Fsp3) is 0.250. The number of nitrogens with one attached hydrogen (secondary N) is 1. The molecule has 2 rings (SSSR count). The Bertz CT molecular complexity index is 678. The van der Waals surface area contributed by atoms with Gasteiger partial charge in [-0.05, 0) is 40.2 Å². The fourth-order valence-corrected chi connectivity index (χ4v) is 2.19. The molecule has 21 heavy (non-hydrogen) atoms. The Kier molecular flexibility index (Phi) is 4.32. The average molecular weight is 349 g/mol. The first-order valence-corrected chi connectivity index (χ1v) is 7.34. The third kappa shape index (κ3) is 3.82. The summed E-state index contributed by atoms with van der Waals surface area (Å²) in [6.45, 7) is 6.01. The van der Waals surface area contributed by atoms with Crippen molar-refractivity contribution in [1.29, 1.82) is 0 Å². The molecule has 0 radical (unpaired) electrons. The minimum absolute atomic E-state index is 0.226. The van der Waals surface area contributed by atoms with E-state index in [1.165, 1.54) is 6.07 Å². The van der Waals surface area contributed by atoms with Crippen molar-refractivity contribution in [1.82, 2.24) is 4.98 Å². The highest BCUT2D eigenvalue weighted by Gasteiger charge is 2.19. The summed E-state index contributed by atoms with van der Waals surface area (Å²) in [5.74, 6) is -0.440. The molecule has 0 fully saturated rings. The number of rotatable bonds is 3. The number of nitrogens with zero attached hydrogens (tertiary/aromatic N) is 1. The van der Waals surface area contributed by atoms with Crippen molar-refractivity contribution in [3.63, 3.8) is 0 Å². The van der Waals surface area contributed by atoms with Gasteiger partial charge in [0.25, 0.3) is 0 Å². The molecule has 2 N–H and O–H groups in total. The van der Waals surface area contributed by atoms with Crippen LogP contribution >= 0.6 is 15.9 Å². The Labute approximate surface area is 132 Å². The maximum Gasteiger partial charge on any atom is 0.335 e. The fourth-order valence-electron chi connectivity index (χ4n) is 1.80. The first kappa shape index (κ1) is 15.5. The molecular formula is C16H17BrN2O2. The first-order valence-electron chi connectivity index (χ1n) is 6.55. The summed E-state index contributed by atoms with van der Waals surface area (Å²) < 4.78 is 0.893. The Morgan fingerprint density at radius 2 is 1.90 bits per heavy atom. The highest BCUT2D eigenvalue weighted by atomic mass is 79.9. The van der Waals surface area contributed by atoms with E-state index >= 15 is 0 Å². The summed E-state index contributed by atoms with van der Waals surface area (Å²) in [5.41, 5.74) is 1.57. The molecule has 0 atom stereocenters. The van der Waals surface area contributed by atoms with Crippen LogP contribution in [0.3, 0.4) is 0 Å². The van der Waals surface area contributed by atoms with Gasteiger partial charge in [-0.1, -0.05) is 32.9 Å². The van der Waals surface area contributed by atoms with Crippen molar-refractivity contribution in [2.45, 2.75) is 26.2 Å². The molecule has 0 saturated heterocycles. The second-order valence-electron chi connectivity index (χ2n) is 5.79. The number of halogens is 1. The van der Waals surface area contributed by atoms with Crippen LogP contribution in [0.4, 0.5) is 11.5 Å². The lowest BCUT2D eigenvalue weighted by molar-refractivity contribution is 0.0696. The first-order chi connectivity index (χ1) is 9.77. The Morgan fingerprint density at radius 1 is 1.24 bits per heavy atom. The lowest BCUT2D eigenvalue weighted by atomic mass is 9.91. The minimum atomic E-state index is -0.960. The van der Waals surface area contributed by atoms with Gasteiger partial charge in [-0.3, -0.25) is 0 Å². The number of para-hydroxylation sites is 1. The number of carbonyl (C=O) groups is 1. The standard InChI is InChI=1S/C16H17BrN2O2/c1-16(2,3)13-8-10(15(20)21)9-14(19-13)18-12-7-5-4-6-11(12)17/h4-9H,1-3H3,(H,18,19)(H,20,21). The third-order valence-corrected chi connectivity index (χ3v) is 3.67. The number of hydrogen-bond donors (Lipinski definition) is 2.